The molecular formula is C14H18N2OS2. The molecule has 19 heavy (non-hydrogen) atoms. The fourth-order valence-electron chi connectivity index (χ4n) is 1.84. The summed E-state index contributed by atoms with van der Waals surface area (Å²) >= 11 is 3.38. The lowest BCUT2D eigenvalue weighted by atomic mass is 10.2. The molecule has 0 aliphatic rings. The Labute approximate surface area is 121 Å². The standard InChI is InChI=1S/C14H18N2OS2/c1-11-13(19-10-15-11)7-8-16(2)14(17)6-5-12-4-3-9-18-12/h3-4,9-10H,5-8H2,1-2H3. The highest BCUT2D eigenvalue weighted by molar-refractivity contribution is 7.10. The summed E-state index contributed by atoms with van der Waals surface area (Å²) in [5.74, 6) is 0.218. The van der Waals surface area contributed by atoms with E-state index >= 15 is 0 Å². The Bertz CT molecular complexity index is 519. The first-order valence-corrected chi connectivity index (χ1v) is 8.08. The van der Waals surface area contributed by atoms with Gasteiger partial charge >= 0.3 is 0 Å². The van der Waals surface area contributed by atoms with Gasteiger partial charge < -0.3 is 4.90 Å². The van der Waals surface area contributed by atoms with Gasteiger partial charge in [0.15, 0.2) is 0 Å². The average Bonchev–Trinajstić information content (AvgIpc) is 3.04. The lowest BCUT2D eigenvalue weighted by Crippen LogP contribution is -2.28. The van der Waals surface area contributed by atoms with Crippen molar-refractivity contribution in [3.63, 3.8) is 0 Å². The number of thiophene rings is 1. The van der Waals surface area contributed by atoms with Gasteiger partial charge in [-0.1, -0.05) is 6.07 Å². The zero-order chi connectivity index (χ0) is 13.7. The summed E-state index contributed by atoms with van der Waals surface area (Å²) in [5, 5.41) is 2.05. The minimum absolute atomic E-state index is 0.218. The zero-order valence-corrected chi connectivity index (χ0v) is 12.9. The molecule has 0 atom stereocenters. The molecule has 2 aromatic heterocycles. The van der Waals surface area contributed by atoms with Gasteiger partial charge in [-0.25, -0.2) is 4.98 Å². The van der Waals surface area contributed by atoms with Gasteiger partial charge in [-0.2, -0.15) is 0 Å². The fraction of sp³-hybridized carbons (Fsp3) is 0.429. The van der Waals surface area contributed by atoms with E-state index in [2.05, 4.69) is 16.4 Å². The molecule has 2 rings (SSSR count). The van der Waals surface area contributed by atoms with Crippen molar-refractivity contribution in [2.45, 2.75) is 26.2 Å². The largest absolute Gasteiger partial charge is 0.345 e. The number of rotatable bonds is 6. The predicted molar refractivity (Wildman–Crippen MR) is 80.8 cm³/mol. The first kappa shape index (κ1) is 14.2. The van der Waals surface area contributed by atoms with Gasteiger partial charge in [0.25, 0.3) is 0 Å². The Kier molecular flexibility index (Phi) is 5.10. The molecule has 3 nitrogen and oxygen atoms in total. The molecule has 0 aliphatic carbocycles. The van der Waals surface area contributed by atoms with E-state index in [1.165, 1.54) is 9.75 Å². The first-order chi connectivity index (χ1) is 9.16. The zero-order valence-electron chi connectivity index (χ0n) is 11.3. The van der Waals surface area contributed by atoms with Crippen LogP contribution in [0.25, 0.3) is 0 Å². The normalized spacial score (nSPS) is 10.6. The first-order valence-electron chi connectivity index (χ1n) is 6.32. The third-order valence-electron chi connectivity index (χ3n) is 3.11. The fourth-order valence-corrected chi connectivity index (χ4v) is 3.32. The highest BCUT2D eigenvalue weighted by atomic mass is 32.1. The van der Waals surface area contributed by atoms with Crippen LogP contribution in [0, 0.1) is 6.92 Å². The lowest BCUT2D eigenvalue weighted by Gasteiger charge is -2.16. The van der Waals surface area contributed by atoms with Crippen molar-refractivity contribution in [1.82, 2.24) is 9.88 Å². The topological polar surface area (TPSA) is 33.2 Å². The quantitative estimate of drug-likeness (QED) is 0.820. The molecule has 0 aromatic carbocycles. The van der Waals surface area contributed by atoms with Crippen molar-refractivity contribution in [3.8, 4) is 0 Å². The number of aryl methyl sites for hydroxylation is 2. The summed E-state index contributed by atoms with van der Waals surface area (Å²) in [5.41, 5.74) is 2.95. The van der Waals surface area contributed by atoms with Gasteiger partial charge in [-0.15, -0.1) is 22.7 Å². The highest BCUT2D eigenvalue weighted by Crippen LogP contribution is 2.14. The number of likely N-dealkylation sites (N-methyl/N-ethyl adjacent to an activating group) is 1. The van der Waals surface area contributed by atoms with Crippen molar-refractivity contribution in [2.24, 2.45) is 0 Å². The van der Waals surface area contributed by atoms with E-state index in [0.717, 1.165) is 25.1 Å². The smallest absolute Gasteiger partial charge is 0.222 e. The summed E-state index contributed by atoms with van der Waals surface area (Å²) in [4.78, 5) is 20.6. The van der Waals surface area contributed by atoms with E-state index in [1.54, 1.807) is 22.7 Å². The molecule has 0 aliphatic heterocycles. The second-order valence-electron chi connectivity index (χ2n) is 4.51. The molecule has 2 heterocycles. The summed E-state index contributed by atoms with van der Waals surface area (Å²) < 4.78 is 0. The van der Waals surface area contributed by atoms with Crippen molar-refractivity contribution in [2.75, 3.05) is 13.6 Å². The van der Waals surface area contributed by atoms with Crippen LogP contribution >= 0.6 is 22.7 Å². The molecule has 102 valence electrons. The van der Waals surface area contributed by atoms with Crippen LogP contribution in [-0.4, -0.2) is 29.4 Å². The van der Waals surface area contributed by atoms with Gasteiger partial charge in [0.1, 0.15) is 0 Å². The maximum absolute atomic E-state index is 12.0. The second kappa shape index (κ2) is 6.82. The van der Waals surface area contributed by atoms with Crippen LogP contribution in [0.1, 0.15) is 21.9 Å². The Morgan fingerprint density at radius 2 is 2.21 bits per heavy atom. The molecule has 0 fully saturated rings. The molecule has 0 saturated carbocycles. The van der Waals surface area contributed by atoms with Crippen LogP contribution < -0.4 is 0 Å². The van der Waals surface area contributed by atoms with E-state index in [-0.39, 0.29) is 5.91 Å². The summed E-state index contributed by atoms with van der Waals surface area (Å²) in [7, 11) is 1.88. The van der Waals surface area contributed by atoms with Gasteiger partial charge in [0.05, 0.1) is 11.2 Å². The van der Waals surface area contributed by atoms with Crippen molar-refractivity contribution < 1.29 is 4.79 Å². The van der Waals surface area contributed by atoms with Crippen molar-refractivity contribution in [3.05, 3.63) is 38.5 Å². The van der Waals surface area contributed by atoms with Crippen LogP contribution in [0.5, 0.6) is 0 Å². The molecule has 0 unspecified atom stereocenters. The predicted octanol–water partition coefficient (Wildman–Crippen LogP) is 3.15. The van der Waals surface area contributed by atoms with Crippen molar-refractivity contribution >= 4 is 28.6 Å². The number of amides is 1. The minimum Gasteiger partial charge on any atom is -0.345 e. The molecule has 2 aromatic rings. The number of aromatic nitrogens is 1. The number of thiazole rings is 1. The highest BCUT2D eigenvalue weighted by Gasteiger charge is 2.10. The summed E-state index contributed by atoms with van der Waals surface area (Å²) in [6.45, 7) is 2.79. The number of hydrogen-bond acceptors (Lipinski definition) is 4. The van der Waals surface area contributed by atoms with Crippen molar-refractivity contribution in [1.29, 1.82) is 0 Å². The van der Waals surface area contributed by atoms with Gasteiger partial charge in [-0.3, -0.25) is 4.79 Å². The Morgan fingerprint density at radius 1 is 1.37 bits per heavy atom. The number of nitrogens with zero attached hydrogens (tertiary/aromatic N) is 2. The molecule has 0 N–H and O–H groups in total. The molecule has 0 bridgehead atoms. The number of hydrogen-bond donors (Lipinski definition) is 0. The van der Waals surface area contributed by atoms with Crippen LogP contribution in [0.2, 0.25) is 0 Å². The Hall–Kier alpha value is -1.20. The maximum Gasteiger partial charge on any atom is 0.222 e. The number of carbonyl (C=O) groups excluding carboxylic acids is 1. The van der Waals surface area contributed by atoms with E-state index < -0.39 is 0 Å². The average molecular weight is 294 g/mol. The van der Waals surface area contributed by atoms with E-state index in [1.807, 2.05) is 30.4 Å². The molecular weight excluding hydrogens is 276 g/mol. The molecule has 5 heteroatoms. The summed E-state index contributed by atoms with van der Waals surface area (Å²) in [6.07, 6.45) is 2.34. The van der Waals surface area contributed by atoms with Crippen LogP contribution in [-0.2, 0) is 17.6 Å². The molecule has 0 spiro atoms. The Balaban J connectivity index is 1.75. The Morgan fingerprint density at radius 3 is 2.84 bits per heavy atom. The van der Waals surface area contributed by atoms with E-state index in [9.17, 15) is 4.79 Å². The van der Waals surface area contributed by atoms with Crippen LogP contribution in [0.15, 0.2) is 23.0 Å². The van der Waals surface area contributed by atoms with Gasteiger partial charge in [0, 0.05) is 36.2 Å². The lowest BCUT2D eigenvalue weighted by molar-refractivity contribution is -0.129. The monoisotopic (exact) mass is 294 g/mol. The molecule has 0 saturated heterocycles. The molecule has 1 amide bonds. The molecule has 0 radical (unpaired) electrons. The van der Waals surface area contributed by atoms with E-state index in [4.69, 9.17) is 0 Å². The summed E-state index contributed by atoms with van der Waals surface area (Å²) in [6, 6.07) is 4.11. The van der Waals surface area contributed by atoms with Gasteiger partial charge in [-0.05, 0) is 24.8 Å². The third kappa shape index (κ3) is 4.14. The maximum atomic E-state index is 12.0. The third-order valence-corrected chi connectivity index (χ3v) is 5.04. The number of carbonyl (C=O) groups is 1. The van der Waals surface area contributed by atoms with E-state index in [0.29, 0.717) is 6.42 Å². The van der Waals surface area contributed by atoms with Crippen LogP contribution in [0.3, 0.4) is 0 Å². The van der Waals surface area contributed by atoms with Crippen LogP contribution in [0.4, 0.5) is 0 Å². The SMILES string of the molecule is Cc1ncsc1CCN(C)C(=O)CCc1cccs1. The van der Waals surface area contributed by atoms with Gasteiger partial charge in [0.2, 0.25) is 5.91 Å². The second-order valence-corrected chi connectivity index (χ2v) is 6.48. The minimum atomic E-state index is 0.218.